The highest BCUT2D eigenvalue weighted by Crippen LogP contribution is 2.37. The van der Waals surface area contributed by atoms with E-state index in [0.717, 1.165) is 48.1 Å². The summed E-state index contributed by atoms with van der Waals surface area (Å²) in [5.41, 5.74) is 5.72. The van der Waals surface area contributed by atoms with E-state index in [9.17, 15) is 0 Å². The maximum absolute atomic E-state index is 6.25. The molecule has 0 radical (unpaired) electrons. The van der Waals surface area contributed by atoms with E-state index < -0.39 is 0 Å². The molecule has 0 saturated heterocycles. The van der Waals surface area contributed by atoms with Crippen LogP contribution in [0.25, 0.3) is 33.0 Å². The zero-order chi connectivity index (χ0) is 21.0. The standard InChI is InChI=1S/C28H27NO2/c1-2-9-24-27(30-19-8-17-29-18-16-22-12-6-7-13-26(22)29)15-14-23-25(20-31-28(23)24)21-10-4-3-5-11-21/h3-7,10-16,18,20H,2,8-9,17,19H2,1H3. The van der Waals surface area contributed by atoms with Gasteiger partial charge in [0, 0.05) is 34.8 Å². The molecule has 0 aliphatic carbocycles. The van der Waals surface area contributed by atoms with Gasteiger partial charge in [-0.05, 0) is 48.1 Å². The monoisotopic (exact) mass is 409 g/mol. The average molecular weight is 410 g/mol. The van der Waals surface area contributed by atoms with Crippen LogP contribution in [0.5, 0.6) is 5.75 Å². The van der Waals surface area contributed by atoms with Crippen LogP contribution in [0.15, 0.2) is 89.7 Å². The lowest BCUT2D eigenvalue weighted by atomic mass is 10.0. The molecule has 0 spiro atoms. The number of aromatic nitrogens is 1. The average Bonchev–Trinajstić information content (AvgIpc) is 3.43. The summed E-state index contributed by atoms with van der Waals surface area (Å²) < 4.78 is 14.6. The molecule has 3 heteroatoms. The third-order valence-corrected chi connectivity index (χ3v) is 5.87. The Morgan fingerprint density at radius 2 is 1.74 bits per heavy atom. The summed E-state index contributed by atoms with van der Waals surface area (Å²) in [6, 6.07) is 25.3. The summed E-state index contributed by atoms with van der Waals surface area (Å²) in [5, 5.41) is 2.44. The first kappa shape index (κ1) is 19.5. The van der Waals surface area contributed by atoms with E-state index in [0.29, 0.717) is 6.61 Å². The summed E-state index contributed by atoms with van der Waals surface area (Å²) in [6.07, 6.45) is 6.98. The van der Waals surface area contributed by atoms with Crippen molar-refractivity contribution < 1.29 is 9.15 Å². The first-order valence-electron chi connectivity index (χ1n) is 11.1. The third kappa shape index (κ3) is 3.84. The SMILES string of the molecule is CCCc1c(OCCCn2ccc3ccccc32)ccc2c(-c3ccccc3)coc12. The Labute approximate surface area is 182 Å². The number of rotatable bonds is 8. The van der Waals surface area contributed by atoms with Gasteiger partial charge in [0.15, 0.2) is 0 Å². The van der Waals surface area contributed by atoms with E-state index in [1.165, 1.54) is 22.0 Å². The van der Waals surface area contributed by atoms with Gasteiger partial charge in [-0.25, -0.2) is 0 Å². The minimum Gasteiger partial charge on any atom is -0.493 e. The molecule has 0 saturated carbocycles. The van der Waals surface area contributed by atoms with Gasteiger partial charge >= 0.3 is 0 Å². The van der Waals surface area contributed by atoms with Gasteiger partial charge in [-0.1, -0.05) is 61.9 Å². The normalized spacial score (nSPS) is 11.4. The van der Waals surface area contributed by atoms with Crippen LogP contribution in [-0.2, 0) is 13.0 Å². The fraction of sp³-hybridized carbons (Fsp3) is 0.214. The molecule has 5 aromatic rings. The maximum Gasteiger partial charge on any atom is 0.141 e. The molecule has 5 rings (SSSR count). The Kier molecular flexibility index (Phi) is 5.49. The molecule has 156 valence electrons. The first-order chi connectivity index (χ1) is 15.3. The highest BCUT2D eigenvalue weighted by atomic mass is 16.5. The summed E-state index contributed by atoms with van der Waals surface area (Å²) in [4.78, 5) is 0. The molecule has 0 bridgehead atoms. The molecule has 3 nitrogen and oxygen atoms in total. The second-order valence-corrected chi connectivity index (χ2v) is 7.95. The number of hydrogen-bond acceptors (Lipinski definition) is 2. The fourth-order valence-corrected chi connectivity index (χ4v) is 4.35. The number of furan rings is 1. The molecular weight excluding hydrogens is 382 g/mol. The van der Waals surface area contributed by atoms with Crippen LogP contribution in [-0.4, -0.2) is 11.2 Å². The molecule has 31 heavy (non-hydrogen) atoms. The number of nitrogens with zero attached hydrogens (tertiary/aromatic N) is 1. The van der Waals surface area contributed by atoms with E-state index >= 15 is 0 Å². The van der Waals surface area contributed by atoms with E-state index in [4.69, 9.17) is 9.15 Å². The lowest BCUT2D eigenvalue weighted by molar-refractivity contribution is 0.299. The highest BCUT2D eigenvalue weighted by Gasteiger charge is 2.15. The van der Waals surface area contributed by atoms with Gasteiger partial charge in [0.05, 0.1) is 12.9 Å². The summed E-state index contributed by atoms with van der Waals surface area (Å²) in [5.74, 6) is 0.945. The number of hydrogen-bond donors (Lipinski definition) is 0. The van der Waals surface area contributed by atoms with Crippen molar-refractivity contribution >= 4 is 21.9 Å². The molecular formula is C28H27NO2. The van der Waals surface area contributed by atoms with Gasteiger partial charge < -0.3 is 13.7 Å². The van der Waals surface area contributed by atoms with Crippen molar-refractivity contribution in [3.8, 4) is 16.9 Å². The van der Waals surface area contributed by atoms with Crippen LogP contribution in [0.1, 0.15) is 25.3 Å². The van der Waals surface area contributed by atoms with Crippen molar-refractivity contribution in [3.63, 3.8) is 0 Å². The topological polar surface area (TPSA) is 27.3 Å². The summed E-state index contributed by atoms with van der Waals surface area (Å²) in [7, 11) is 0. The third-order valence-electron chi connectivity index (χ3n) is 5.87. The molecule has 0 aliphatic heterocycles. The van der Waals surface area contributed by atoms with Crippen molar-refractivity contribution in [2.45, 2.75) is 32.7 Å². The van der Waals surface area contributed by atoms with Crippen molar-refractivity contribution in [3.05, 3.63) is 90.8 Å². The molecule has 0 amide bonds. The zero-order valence-corrected chi connectivity index (χ0v) is 17.9. The van der Waals surface area contributed by atoms with Crippen LogP contribution in [0.2, 0.25) is 0 Å². The molecule has 0 N–H and O–H groups in total. The van der Waals surface area contributed by atoms with E-state index in [1.54, 1.807) is 0 Å². The number of aryl methyl sites for hydroxylation is 2. The summed E-state index contributed by atoms with van der Waals surface area (Å²) >= 11 is 0. The van der Waals surface area contributed by atoms with Crippen LogP contribution in [0.3, 0.4) is 0 Å². The Morgan fingerprint density at radius 3 is 2.61 bits per heavy atom. The highest BCUT2D eigenvalue weighted by molar-refractivity contribution is 5.96. The van der Waals surface area contributed by atoms with Gasteiger partial charge in [-0.3, -0.25) is 0 Å². The largest absolute Gasteiger partial charge is 0.493 e. The van der Waals surface area contributed by atoms with Crippen LogP contribution >= 0.6 is 0 Å². The second kappa shape index (κ2) is 8.73. The number of fused-ring (bicyclic) bond motifs is 2. The Hall–Kier alpha value is -3.46. The molecule has 0 aliphatic rings. The molecule has 2 heterocycles. The van der Waals surface area contributed by atoms with Gasteiger partial charge in [0.1, 0.15) is 11.3 Å². The van der Waals surface area contributed by atoms with Crippen molar-refractivity contribution in [2.24, 2.45) is 0 Å². The molecule has 0 unspecified atom stereocenters. The molecule has 2 aromatic heterocycles. The van der Waals surface area contributed by atoms with E-state index in [2.05, 4.69) is 84.4 Å². The first-order valence-corrected chi connectivity index (χ1v) is 11.1. The lowest BCUT2D eigenvalue weighted by Crippen LogP contribution is -2.05. The van der Waals surface area contributed by atoms with Crippen molar-refractivity contribution in [1.82, 2.24) is 4.57 Å². The predicted octanol–water partition coefficient (Wildman–Crippen LogP) is 7.48. The van der Waals surface area contributed by atoms with Gasteiger partial charge in [0.2, 0.25) is 0 Å². The Morgan fingerprint density at radius 1 is 0.903 bits per heavy atom. The summed E-state index contributed by atoms with van der Waals surface area (Å²) in [6.45, 7) is 3.82. The smallest absolute Gasteiger partial charge is 0.141 e. The van der Waals surface area contributed by atoms with Crippen LogP contribution in [0.4, 0.5) is 0 Å². The molecule has 0 atom stereocenters. The predicted molar refractivity (Wildman–Crippen MR) is 128 cm³/mol. The van der Waals surface area contributed by atoms with E-state index in [1.807, 2.05) is 12.3 Å². The zero-order valence-electron chi connectivity index (χ0n) is 17.9. The number of ether oxygens (including phenoxy) is 1. The van der Waals surface area contributed by atoms with Crippen LogP contribution in [0, 0.1) is 0 Å². The second-order valence-electron chi connectivity index (χ2n) is 7.95. The quantitative estimate of drug-likeness (QED) is 0.248. The number of para-hydroxylation sites is 1. The maximum atomic E-state index is 6.25. The Bertz CT molecular complexity index is 1300. The van der Waals surface area contributed by atoms with Gasteiger partial charge in [0.25, 0.3) is 0 Å². The van der Waals surface area contributed by atoms with Gasteiger partial charge in [-0.15, -0.1) is 0 Å². The minimum absolute atomic E-state index is 0.682. The van der Waals surface area contributed by atoms with Crippen LogP contribution < -0.4 is 4.74 Å². The van der Waals surface area contributed by atoms with Crippen molar-refractivity contribution in [1.29, 1.82) is 0 Å². The fourth-order valence-electron chi connectivity index (χ4n) is 4.35. The molecule has 3 aromatic carbocycles. The lowest BCUT2D eigenvalue weighted by Gasteiger charge is -2.12. The molecule has 0 fully saturated rings. The van der Waals surface area contributed by atoms with Gasteiger partial charge in [-0.2, -0.15) is 0 Å². The van der Waals surface area contributed by atoms with Crippen molar-refractivity contribution in [2.75, 3.05) is 6.61 Å². The van der Waals surface area contributed by atoms with E-state index in [-0.39, 0.29) is 0 Å². The number of benzene rings is 3. The minimum atomic E-state index is 0.682. The Balaban J connectivity index is 1.34.